The number of nitrogens with two attached hydrogens (primary N) is 1. The lowest BCUT2D eigenvalue weighted by molar-refractivity contribution is 0.00578. The molecule has 6 heteroatoms. The Labute approximate surface area is 127 Å². The van der Waals surface area contributed by atoms with Crippen LogP contribution in [0.4, 0.5) is 5.82 Å². The molecule has 1 aliphatic rings. The second-order valence-electron chi connectivity index (χ2n) is 6.33. The van der Waals surface area contributed by atoms with Gasteiger partial charge in [-0.1, -0.05) is 12.1 Å². The standard InChI is InChI=1S/C15H24BN3O2/c1-14(2)15(3,4)21-16(20-14)7-6-11-8-12(10-18-5)13(17)19-9-11/h6-9,18H,10H2,1-5H3,(H2,17,19)/b7-6+. The van der Waals surface area contributed by atoms with Gasteiger partial charge in [0.05, 0.1) is 11.2 Å². The number of nitrogens with one attached hydrogen (secondary N) is 1. The third kappa shape index (κ3) is 3.45. The van der Waals surface area contributed by atoms with Gasteiger partial charge in [0, 0.05) is 18.3 Å². The van der Waals surface area contributed by atoms with E-state index in [0.29, 0.717) is 12.4 Å². The minimum atomic E-state index is -0.347. The van der Waals surface area contributed by atoms with Crippen LogP contribution in [-0.4, -0.2) is 30.4 Å². The van der Waals surface area contributed by atoms with Crippen LogP contribution in [0.15, 0.2) is 18.2 Å². The van der Waals surface area contributed by atoms with Crippen LogP contribution in [0.1, 0.15) is 38.8 Å². The Balaban J connectivity index is 2.11. The summed E-state index contributed by atoms with van der Waals surface area (Å²) < 4.78 is 11.8. The van der Waals surface area contributed by atoms with Gasteiger partial charge in [-0.15, -0.1) is 0 Å². The molecule has 0 spiro atoms. The van der Waals surface area contributed by atoms with Crippen molar-refractivity contribution in [3.8, 4) is 0 Å². The molecule has 2 heterocycles. The number of hydrogen-bond donors (Lipinski definition) is 2. The summed E-state index contributed by atoms with van der Waals surface area (Å²) in [5.41, 5.74) is 7.16. The molecule has 2 rings (SSSR count). The van der Waals surface area contributed by atoms with E-state index in [9.17, 15) is 0 Å². The normalized spacial score (nSPS) is 20.3. The molecule has 0 aromatic carbocycles. The highest BCUT2D eigenvalue weighted by Crippen LogP contribution is 2.37. The molecule has 5 nitrogen and oxygen atoms in total. The SMILES string of the molecule is CNCc1cc(/C=C/B2OC(C)(C)C(C)(C)O2)cnc1N. The lowest BCUT2D eigenvalue weighted by Crippen LogP contribution is -2.41. The van der Waals surface area contributed by atoms with Crippen molar-refractivity contribution < 1.29 is 9.31 Å². The van der Waals surface area contributed by atoms with Crippen molar-refractivity contribution in [1.82, 2.24) is 10.3 Å². The van der Waals surface area contributed by atoms with Crippen molar-refractivity contribution in [3.05, 3.63) is 29.4 Å². The van der Waals surface area contributed by atoms with E-state index in [-0.39, 0.29) is 18.3 Å². The molecule has 1 aromatic heterocycles. The maximum atomic E-state index is 5.92. The molecule has 1 aromatic rings. The molecule has 0 aliphatic carbocycles. The highest BCUT2D eigenvalue weighted by atomic mass is 16.7. The second-order valence-corrected chi connectivity index (χ2v) is 6.33. The summed E-state index contributed by atoms with van der Waals surface area (Å²) in [6.07, 6.45) is 3.70. The fourth-order valence-corrected chi connectivity index (χ4v) is 2.12. The first-order chi connectivity index (χ1) is 9.75. The molecule has 114 valence electrons. The lowest BCUT2D eigenvalue weighted by atomic mass is 9.89. The first-order valence-corrected chi connectivity index (χ1v) is 7.18. The Hall–Kier alpha value is -1.37. The van der Waals surface area contributed by atoms with Crippen molar-refractivity contribution in [2.75, 3.05) is 12.8 Å². The molecule has 0 saturated carbocycles. The molecular weight excluding hydrogens is 265 g/mol. The molecule has 1 fully saturated rings. The lowest BCUT2D eigenvalue weighted by Gasteiger charge is -2.32. The summed E-state index contributed by atoms with van der Waals surface area (Å²) in [4.78, 5) is 4.21. The molecule has 1 aliphatic heterocycles. The zero-order chi connectivity index (χ0) is 15.7. The van der Waals surface area contributed by atoms with Crippen LogP contribution in [0.25, 0.3) is 6.08 Å². The monoisotopic (exact) mass is 289 g/mol. The number of pyridine rings is 1. The predicted octanol–water partition coefficient (Wildman–Crippen LogP) is 2.03. The molecule has 0 amide bonds. The molecular formula is C15H24BN3O2. The van der Waals surface area contributed by atoms with Gasteiger partial charge >= 0.3 is 7.12 Å². The summed E-state index contributed by atoms with van der Waals surface area (Å²) in [5, 5.41) is 3.08. The molecule has 1 saturated heterocycles. The number of aromatic nitrogens is 1. The van der Waals surface area contributed by atoms with E-state index < -0.39 is 0 Å². The van der Waals surface area contributed by atoms with E-state index in [1.165, 1.54) is 0 Å². The van der Waals surface area contributed by atoms with Crippen molar-refractivity contribution >= 4 is 19.0 Å². The quantitative estimate of drug-likeness (QED) is 0.830. The Bertz CT molecular complexity index is 528. The fraction of sp³-hybridized carbons (Fsp3) is 0.533. The number of nitrogen functional groups attached to an aromatic ring is 1. The Kier molecular flexibility index (Phi) is 4.42. The maximum absolute atomic E-state index is 5.92. The average Bonchev–Trinajstić information content (AvgIpc) is 2.59. The Morgan fingerprint density at radius 2 is 1.90 bits per heavy atom. The molecule has 0 radical (unpaired) electrons. The van der Waals surface area contributed by atoms with Gasteiger partial charge in [0.2, 0.25) is 0 Å². The molecule has 0 bridgehead atoms. The topological polar surface area (TPSA) is 69.4 Å². The van der Waals surface area contributed by atoms with Crippen LogP contribution in [0.3, 0.4) is 0 Å². The van der Waals surface area contributed by atoms with Gasteiger partial charge in [-0.25, -0.2) is 4.98 Å². The summed E-state index contributed by atoms with van der Waals surface area (Å²) in [6, 6.07) is 2.01. The van der Waals surface area contributed by atoms with E-state index in [1.54, 1.807) is 6.20 Å². The number of anilines is 1. The van der Waals surface area contributed by atoms with Crippen LogP contribution in [0, 0.1) is 0 Å². The molecule has 0 unspecified atom stereocenters. The van der Waals surface area contributed by atoms with Crippen LogP contribution < -0.4 is 11.1 Å². The third-order valence-corrected chi connectivity index (χ3v) is 4.11. The largest absolute Gasteiger partial charge is 0.487 e. The van der Waals surface area contributed by atoms with Crippen molar-refractivity contribution in [2.45, 2.75) is 45.4 Å². The molecule has 3 N–H and O–H groups in total. The summed E-state index contributed by atoms with van der Waals surface area (Å²) in [6.45, 7) is 8.84. The van der Waals surface area contributed by atoms with E-state index in [1.807, 2.05) is 52.9 Å². The van der Waals surface area contributed by atoms with E-state index in [0.717, 1.165) is 11.1 Å². The third-order valence-electron chi connectivity index (χ3n) is 4.11. The van der Waals surface area contributed by atoms with Crippen molar-refractivity contribution in [1.29, 1.82) is 0 Å². The van der Waals surface area contributed by atoms with Gasteiger partial charge in [0.25, 0.3) is 0 Å². The predicted molar refractivity (Wildman–Crippen MR) is 86.5 cm³/mol. The highest BCUT2D eigenvalue weighted by molar-refractivity contribution is 6.52. The maximum Gasteiger partial charge on any atom is 0.487 e. The smallest absolute Gasteiger partial charge is 0.400 e. The van der Waals surface area contributed by atoms with Gasteiger partial charge in [0.1, 0.15) is 5.82 Å². The molecule has 0 atom stereocenters. The second kappa shape index (κ2) is 5.79. The highest BCUT2D eigenvalue weighted by Gasteiger charge is 2.49. The number of nitrogens with zero attached hydrogens (tertiary/aromatic N) is 1. The van der Waals surface area contributed by atoms with Crippen LogP contribution in [-0.2, 0) is 15.9 Å². The zero-order valence-corrected chi connectivity index (χ0v) is 13.4. The van der Waals surface area contributed by atoms with E-state index >= 15 is 0 Å². The summed E-state index contributed by atoms with van der Waals surface area (Å²) in [7, 11) is 1.53. The minimum absolute atomic E-state index is 0.321. The van der Waals surface area contributed by atoms with Crippen molar-refractivity contribution in [3.63, 3.8) is 0 Å². The van der Waals surface area contributed by atoms with Gasteiger partial charge in [0.15, 0.2) is 0 Å². The van der Waals surface area contributed by atoms with Crippen LogP contribution in [0.5, 0.6) is 0 Å². The average molecular weight is 289 g/mol. The minimum Gasteiger partial charge on any atom is -0.400 e. The Morgan fingerprint density at radius 1 is 1.29 bits per heavy atom. The number of rotatable bonds is 4. The molecule has 21 heavy (non-hydrogen) atoms. The van der Waals surface area contributed by atoms with Crippen LogP contribution >= 0.6 is 0 Å². The first kappa shape index (κ1) is 16.0. The van der Waals surface area contributed by atoms with E-state index in [2.05, 4.69) is 10.3 Å². The van der Waals surface area contributed by atoms with Gasteiger partial charge in [-0.3, -0.25) is 0 Å². The zero-order valence-electron chi connectivity index (χ0n) is 13.4. The fourth-order valence-electron chi connectivity index (χ4n) is 2.12. The summed E-state index contributed by atoms with van der Waals surface area (Å²) in [5.74, 6) is 2.46. The first-order valence-electron chi connectivity index (χ1n) is 7.18. The van der Waals surface area contributed by atoms with Crippen molar-refractivity contribution in [2.24, 2.45) is 0 Å². The van der Waals surface area contributed by atoms with E-state index in [4.69, 9.17) is 15.0 Å². The van der Waals surface area contributed by atoms with Gasteiger partial charge in [-0.05, 0) is 46.4 Å². The van der Waals surface area contributed by atoms with Crippen LogP contribution in [0.2, 0.25) is 0 Å². The Morgan fingerprint density at radius 3 is 2.48 bits per heavy atom. The van der Waals surface area contributed by atoms with Gasteiger partial charge in [-0.2, -0.15) is 0 Å². The van der Waals surface area contributed by atoms with Gasteiger partial charge < -0.3 is 20.4 Å². The summed E-state index contributed by atoms with van der Waals surface area (Å²) >= 11 is 0. The number of hydrogen-bond acceptors (Lipinski definition) is 5.